The topological polar surface area (TPSA) is 78.3 Å². The van der Waals surface area contributed by atoms with Crippen molar-refractivity contribution >= 4 is 49.6 Å². The number of thioether (sulfide) groups is 1. The van der Waals surface area contributed by atoms with Crippen molar-refractivity contribution in [2.75, 3.05) is 12.4 Å². The molecule has 0 aliphatic carbocycles. The van der Waals surface area contributed by atoms with Crippen LogP contribution in [0.25, 0.3) is 21.8 Å². The van der Waals surface area contributed by atoms with Gasteiger partial charge in [0.25, 0.3) is 10.0 Å². The first kappa shape index (κ1) is 20.4. The first-order chi connectivity index (χ1) is 14.5. The number of nitrogens with zero attached hydrogens (tertiary/aromatic N) is 2. The van der Waals surface area contributed by atoms with Crippen molar-refractivity contribution in [3.05, 3.63) is 66.7 Å². The fourth-order valence-electron chi connectivity index (χ4n) is 3.20. The number of hydrogen-bond acceptors (Lipinski definition) is 6. The predicted octanol–water partition coefficient (Wildman–Crippen LogP) is 4.47. The van der Waals surface area contributed by atoms with E-state index in [1.54, 1.807) is 43.3 Å². The highest BCUT2D eigenvalue weighted by Gasteiger charge is 2.25. The molecular formula is C22H20N2O4S2. The summed E-state index contributed by atoms with van der Waals surface area (Å²) in [6, 6.07) is 19.8. The summed E-state index contributed by atoms with van der Waals surface area (Å²) in [6.07, 6.45) is 0.178. The molecule has 0 aliphatic rings. The molecule has 154 valence electrons. The number of rotatable bonds is 7. The van der Waals surface area contributed by atoms with Gasteiger partial charge in [0.05, 0.1) is 29.0 Å². The first-order valence-electron chi connectivity index (χ1n) is 9.51. The Hall–Kier alpha value is -2.84. The second-order valence-corrected chi connectivity index (χ2v) is 9.41. The maximum absolute atomic E-state index is 13.6. The average Bonchev–Trinajstić information content (AvgIpc) is 3.12. The number of esters is 1. The average molecular weight is 441 g/mol. The summed E-state index contributed by atoms with van der Waals surface area (Å²) in [7, 11) is -3.89. The zero-order valence-corrected chi connectivity index (χ0v) is 17.9. The number of ether oxygens (including phenoxy) is 1. The molecule has 4 aromatic rings. The van der Waals surface area contributed by atoms with Crippen LogP contribution in [-0.2, 0) is 19.6 Å². The van der Waals surface area contributed by atoms with Crippen LogP contribution < -0.4 is 0 Å². The Bertz CT molecular complexity index is 1330. The van der Waals surface area contributed by atoms with Crippen LogP contribution >= 0.6 is 11.8 Å². The SMILES string of the molecule is CCOC(=O)CCSc1nc2ccccc2n1S(=O)(=O)c1ccc2ccccc2c1. The number of carbonyl (C=O) groups excluding carboxylic acids is 1. The molecule has 3 aromatic carbocycles. The maximum Gasteiger partial charge on any atom is 0.306 e. The quantitative estimate of drug-likeness (QED) is 0.312. The minimum absolute atomic E-state index is 0.178. The van der Waals surface area contributed by atoms with Crippen molar-refractivity contribution in [1.82, 2.24) is 8.96 Å². The van der Waals surface area contributed by atoms with E-state index in [4.69, 9.17) is 4.74 Å². The van der Waals surface area contributed by atoms with Crippen LogP contribution in [0, 0.1) is 0 Å². The van der Waals surface area contributed by atoms with E-state index in [-0.39, 0.29) is 17.3 Å². The van der Waals surface area contributed by atoms with Gasteiger partial charge >= 0.3 is 5.97 Å². The van der Waals surface area contributed by atoms with E-state index >= 15 is 0 Å². The number of para-hydroxylation sites is 2. The standard InChI is InChI=1S/C22H20N2O4S2/c1-2-28-21(25)13-14-29-22-23-19-9-5-6-10-20(19)24(22)30(26,27)18-12-11-16-7-3-4-8-17(16)15-18/h3-12,15H,2,13-14H2,1H3. The molecule has 1 aromatic heterocycles. The molecule has 0 aliphatic heterocycles. The van der Waals surface area contributed by atoms with E-state index in [2.05, 4.69) is 4.98 Å². The van der Waals surface area contributed by atoms with E-state index in [1.807, 2.05) is 30.3 Å². The van der Waals surface area contributed by atoms with Crippen LogP contribution in [-0.4, -0.2) is 35.7 Å². The van der Waals surface area contributed by atoms with Gasteiger partial charge in [-0.05, 0) is 42.0 Å². The Kier molecular flexibility index (Phi) is 5.78. The van der Waals surface area contributed by atoms with Crippen LogP contribution in [0.5, 0.6) is 0 Å². The molecule has 0 radical (unpaired) electrons. The smallest absolute Gasteiger partial charge is 0.306 e. The van der Waals surface area contributed by atoms with Crippen molar-refractivity contribution in [3.8, 4) is 0 Å². The number of benzene rings is 3. The molecule has 0 saturated carbocycles. The molecule has 0 bridgehead atoms. The largest absolute Gasteiger partial charge is 0.466 e. The molecule has 30 heavy (non-hydrogen) atoms. The fraction of sp³-hybridized carbons (Fsp3) is 0.182. The van der Waals surface area contributed by atoms with Gasteiger partial charge in [-0.3, -0.25) is 4.79 Å². The van der Waals surface area contributed by atoms with Crippen molar-refractivity contribution in [1.29, 1.82) is 0 Å². The van der Waals surface area contributed by atoms with Crippen LogP contribution in [0.4, 0.5) is 0 Å². The lowest BCUT2D eigenvalue weighted by Gasteiger charge is -2.11. The summed E-state index contributed by atoms with van der Waals surface area (Å²) in [5.74, 6) is 0.0557. The lowest BCUT2D eigenvalue weighted by molar-refractivity contribution is -0.142. The molecule has 0 spiro atoms. The van der Waals surface area contributed by atoms with Gasteiger partial charge in [-0.15, -0.1) is 0 Å². The summed E-state index contributed by atoms with van der Waals surface area (Å²) in [6.45, 7) is 2.07. The fourth-order valence-corrected chi connectivity index (χ4v) is 5.87. The highest BCUT2D eigenvalue weighted by molar-refractivity contribution is 8.00. The predicted molar refractivity (Wildman–Crippen MR) is 118 cm³/mol. The Balaban J connectivity index is 1.76. The molecule has 0 saturated heterocycles. The summed E-state index contributed by atoms with van der Waals surface area (Å²) in [4.78, 5) is 16.3. The van der Waals surface area contributed by atoms with Gasteiger partial charge in [-0.25, -0.2) is 17.4 Å². The highest BCUT2D eigenvalue weighted by atomic mass is 32.2. The van der Waals surface area contributed by atoms with Crippen molar-refractivity contribution in [2.45, 2.75) is 23.4 Å². The van der Waals surface area contributed by atoms with Gasteiger partial charge in [-0.2, -0.15) is 0 Å². The molecule has 8 heteroatoms. The van der Waals surface area contributed by atoms with Crippen LogP contribution in [0.15, 0.2) is 76.8 Å². The van der Waals surface area contributed by atoms with Crippen LogP contribution in [0.1, 0.15) is 13.3 Å². The van der Waals surface area contributed by atoms with Crippen molar-refractivity contribution in [2.24, 2.45) is 0 Å². The minimum Gasteiger partial charge on any atom is -0.466 e. The summed E-state index contributed by atoms with van der Waals surface area (Å²) < 4.78 is 33.4. The van der Waals surface area contributed by atoms with Gasteiger partial charge in [0, 0.05) is 5.75 Å². The molecule has 6 nitrogen and oxygen atoms in total. The van der Waals surface area contributed by atoms with Gasteiger partial charge in [0.1, 0.15) is 0 Å². The van der Waals surface area contributed by atoms with Gasteiger partial charge < -0.3 is 4.74 Å². The normalized spacial score (nSPS) is 11.8. The minimum atomic E-state index is -3.89. The monoisotopic (exact) mass is 440 g/mol. The first-order valence-corrected chi connectivity index (χ1v) is 11.9. The number of hydrogen-bond donors (Lipinski definition) is 0. The van der Waals surface area contributed by atoms with Gasteiger partial charge in [0.2, 0.25) is 0 Å². The van der Waals surface area contributed by atoms with E-state index in [9.17, 15) is 13.2 Å². The molecule has 0 atom stereocenters. The third kappa shape index (κ3) is 3.93. The Morgan fingerprint density at radius 1 is 1.03 bits per heavy atom. The lowest BCUT2D eigenvalue weighted by Crippen LogP contribution is -2.14. The zero-order chi connectivity index (χ0) is 21.1. The van der Waals surface area contributed by atoms with E-state index in [0.29, 0.717) is 28.5 Å². The third-order valence-corrected chi connectivity index (χ3v) is 7.35. The number of aromatic nitrogens is 2. The van der Waals surface area contributed by atoms with Gasteiger partial charge in [0.15, 0.2) is 5.16 Å². The molecule has 0 unspecified atom stereocenters. The number of carbonyl (C=O) groups is 1. The van der Waals surface area contributed by atoms with E-state index in [1.165, 1.54) is 15.7 Å². The Labute approximate surface area is 178 Å². The second-order valence-electron chi connectivity index (χ2n) is 6.56. The lowest BCUT2D eigenvalue weighted by atomic mass is 10.1. The number of imidazole rings is 1. The summed E-state index contributed by atoms with van der Waals surface area (Å²) in [5.41, 5.74) is 1.09. The van der Waals surface area contributed by atoms with Gasteiger partial charge in [-0.1, -0.05) is 54.2 Å². The molecule has 4 rings (SSSR count). The van der Waals surface area contributed by atoms with E-state index < -0.39 is 10.0 Å². The molecule has 0 amide bonds. The second kappa shape index (κ2) is 8.49. The Morgan fingerprint density at radius 3 is 2.57 bits per heavy atom. The van der Waals surface area contributed by atoms with Crippen molar-refractivity contribution in [3.63, 3.8) is 0 Å². The van der Waals surface area contributed by atoms with E-state index in [0.717, 1.165) is 10.8 Å². The molecular weight excluding hydrogens is 420 g/mol. The maximum atomic E-state index is 13.6. The number of fused-ring (bicyclic) bond motifs is 2. The highest BCUT2D eigenvalue weighted by Crippen LogP contribution is 2.30. The Morgan fingerprint density at radius 2 is 1.77 bits per heavy atom. The van der Waals surface area contributed by atoms with Crippen molar-refractivity contribution < 1.29 is 17.9 Å². The summed E-state index contributed by atoms with van der Waals surface area (Å²) in [5, 5.41) is 2.14. The third-order valence-electron chi connectivity index (χ3n) is 4.59. The summed E-state index contributed by atoms with van der Waals surface area (Å²) >= 11 is 1.22. The van der Waals surface area contributed by atoms with Crippen LogP contribution in [0.3, 0.4) is 0 Å². The molecule has 1 heterocycles. The van der Waals surface area contributed by atoms with Crippen LogP contribution in [0.2, 0.25) is 0 Å². The molecule has 0 N–H and O–H groups in total. The zero-order valence-electron chi connectivity index (χ0n) is 16.3. The molecule has 0 fully saturated rings.